The molecular weight excluding hydrogens is 566 g/mol. The molecule has 1 aliphatic heterocycles. The minimum Gasteiger partial charge on any atom is -0.340 e. The summed E-state index contributed by atoms with van der Waals surface area (Å²) < 4.78 is 28.1. The van der Waals surface area contributed by atoms with Crippen molar-refractivity contribution >= 4 is 33.3 Å². The van der Waals surface area contributed by atoms with Crippen LogP contribution in [0.2, 0.25) is 5.02 Å². The molecule has 0 bridgehead atoms. The molecule has 1 unspecified atom stereocenters. The molecule has 42 heavy (non-hydrogen) atoms. The highest BCUT2D eigenvalue weighted by atomic mass is 35.5. The molecule has 1 fully saturated rings. The lowest BCUT2D eigenvalue weighted by molar-refractivity contribution is 0.256. The molecule has 0 N–H and O–H groups in total. The Kier molecular flexibility index (Phi) is 8.32. The average molecular weight is 602 g/mol. The number of aryl methyl sites for hydroxylation is 1. The summed E-state index contributed by atoms with van der Waals surface area (Å²) in [5, 5.41) is 0.698. The van der Waals surface area contributed by atoms with Gasteiger partial charge < -0.3 is 4.57 Å². The molecule has 2 aliphatic rings. The van der Waals surface area contributed by atoms with Gasteiger partial charge in [0, 0.05) is 68.7 Å². The quantitative estimate of drug-likeness (QED) is 0.254. The molecule has 6 rings (SSSR count). The van der Waals surface area contributed by atoms with E-state index >= 15 is 0 Å². The molecule has 0 amide bonds. The molecule has 2 aromatic carbocycles. The van der Waals surface area contributed by atoms with Crippen LogP contribution in [0.1, 0.15) is 52.4 Å². The first kappa shape index (κ1) is 28.8. The van der Waals surface area contributed by atoms with Crippen LogP contribution in [0.4, 0.5) is 0 Å². The molecule has 7 nitrogen and oxygen atoms in total. The Morgan fingerprint density at radius 1 is 0.976 bits per heavy atom. The van der Waals surface area contributed by atoms with Gasteiger partial charge in [0.15, 0.2) is 0 Å². The third-order valence-corrected chi connectivity index (χ3v) is 9.96. The van der Waals surface area contributed by atoms with Gasteiger partial charge in [-0.25, -0.2) is 17.7 Å². The third kappa shape index (κ3) is 6.37. The van der Waals surface area contributed by atoms with Crippen LogP contribution in [0.25, 0.3) is 11.6 Å². The Hall–Kier alpha value is -3.30. The number of pyridine rings is 1. The first-order valence-electron chi connectivity index (χ1n) is 14.4. The summed E-state index contributed by atoms with van der Waals surface area (Å²) in [6, 6.07) is 20.9. The van der Waals surface area contributed by atoms with Crippen molar-refractivity contribution in [3.8, 4) is 0 Å². The smallest absolute Gasteiger partial charge is 0.211 e. The van der Waals surface area contributed by atoms with Crippen molar-refractivity contribution in [3.05, 3.63) is 118 Å². The van der Waals surface area contributed by atoms with E-state index in [4.69, 9.17) is 16.6 Å². The van der Waals surface area contributed by atoms with E-state index in [-0.39, 0.29) is 11.8 Å². The lowest BCUT2D eigenvalue weighted by Gasteiger charge is -2.35. The van der Waals surface area contributed by atoms with Crippen molar-refractivity contribution in [2.45, 2.75) is 31.8 Å². The molecule has 1 saturated heterocycles. The Morgan fingerprint density at radius 2 is 1.76 bits per heavy atom. The second-order valence-corrected chi connectivity index (χ2v) is 13.9. The summed E-state index contributed by atoms with van der Waals surface area (Å²) in [5.74, 6) is 0.306. The summed E-state index contributed by atoms with van der Waals surface area (Å²) >= 11 is 6.58. The van der Waals surface area contributed by atoms with E-state index in [1.807, 2.05) is 42.3 Å². The van der Waals surface area contributed by atoms with E-state index < -0.39 is 10.0 Å². The minimum atomic E-state index is -3.21. The SMILES string of the molecule is Cn1cnc(CN(CC2=Cc3cc(Cl)ccc3C(C3CCN(S(C)(=O)=O)CC3)c3ncccc32)Cc2ccccc2)c1. The maximum atomic E-state index is 12.2. The second kappa shape index (κ2) is 12.1. The van der Waals surface area contributed by atoms with Gasteiger partial charge in [-0.05, 0) is 65.3 Å². The highest BCUT2D eigenvalue weighted by Gasteiger charge is 2.36. The zero-order valence-electron chi connectivity index (χ0n) is 24.0. The number of benzene rings is 2. The summed E-state index contributed by atoms with van der Waals surface area (Å²) in [5.41, 5.74) is 7.94. The molecule has 9 heteroatoms. The summed E-state index contributed by atoms with van der Waals surface area (Å²) in [6.07, 6.45) is 10.9. The van der Waals surface area contributed by atoms with Crippen molar-refractivity contribution in [2.24, 2.45) is 13.0 Å². The van der Waals surface area contributed by atoms with Crippen molar-refractivity contribution in [1.82, 2.24) is 23.7 Å². The van der Waals surface area contributed by atoms with Gasteiger partial charge >= 0.3 is 0 Å². The number of hydrogen-bond acceptors (Lipinski definition) is 5. The Bertz CT molecular complexity index is 1690. The Morgan fingerprint density at radius 3 is 2.48 bits per heavy atom. The number of fused-ring (bicyclic) bond motifs is 2. The standard InChI is InChI=1S/C33H36ClN5O2S/c1-37-21-29(36-23-37)22-38(19-24-7-4-3-5-8-24)20-27-17-26-18-28(34)10-11-30(26)32(33-31(27)9-6-14-35-33)25-12-15-39(16-13-25)42(2,40)41/h3-11,14,17-18,21,23,25,32H,12-13,15-16,19-20,22H2,1-2H3. The molecule has 0 saturated carbocycles. The Labute approximate surface area is 253 Å². The van der Waals surface area contributed by atoms with Gasteiger partial charge in [-0.15, -0.1) is 0 Å². The predicted octanol–water partition coefficient (Wildman–Crippen LogP) is 5.83. The molecule has 0 spiro atoms. The predicted molar refractivity (Wildman–Crippen MR) is 168 cm³/mol. The monoisotopic (exact) mass is 601 g/mol. The lowest BCUT2D eigenvalue weighted by Crippen LogP contribution is -2.39. The van der Waals surface area contributed by atoms with Gasteiger partial charge in [0.1, 0.15) is 0 Å². The zero-order valence-corrected chi connectivity index (χ0v) is 25.6. The van der Waals surface area contributed by atoms with Crippen LogP contribution in [-0.4, -0.2) is 58.0 Å². The van der Waals surface area contributed by atoms with Crippen LogP contribution in [-0.2, 0) is 30.2 Å². The van der Waals surface area contributed by atoms with Crippen LogP contribution >= 0.6 is 11.6 Å². The van der Waals surface area contributed by atoms with E-state index in [1.165, 1.54) is 23.0 Å². The number of halogens is 1. The van der Waals surface area contributed by atoms with Crippen LogP contribution in [0.3, 0.4) is 0 Å². The highest BCUT2D eigenvalue weighted by molar-refractivity contribution is 7.88. The third-order valence-electron chi connectivity index (χ3n) is 8.42. The van der Waals surface area contributed by atoms with E-state index in [1.54, 1.807) is 4.31 Å². The van der Waals surface area contributed by atoms with Crippen molar-refractivity contribution in [3.63, 3.8) is 0 Å². The second-order valence-electron chi connectivity index (χ2n) is 11.5. The summed E-state index contributed by atoms with van der Waals surface area (Å²) in [4.78, 5) is 12.1. The number of imidazole rings is 1. The molecule has 1 atom stereocenters. The molecule has 218 valence electrons. The minimum absolute atomic E-state index is 0.0438. The summed E-state index contributed by atoms with van der Waals surface area (Å²) in [6.45, 7) is 3.24. The van der Waals surface area contributed by atoms with Crippen LogP contribution in [0, 0.1) is 5.92 Å². The molecular formula is C33H36ClN5O2S. The van der Waals surface area contributed by atoms with Gasteiger partial charge in [0.2, 0.25) is 10.0 Å². The van der Waals surface area contributed by atoms with Gasteiger partial charge in [-0.1, -0.05) is 54.1 Å². The number of piperidine rings is 1. The fourth-order valence-electron chi connectivity index (χ4n) is 6.48. The summed E-state index contributed by atoms with van der Waals surface area (Å²) in [7, 11) is -1.21. The number of hydrogen-bond donors (Lipinski definition) is 0. The van der Waals surface area contributed by atoms with E-state index in [0.29, 0.717) is 31.2 Å². The van der Waals surface area contributed by atoms with Crippen molar-refractivity contribution in [2.75, 3.05) is 25.9 Å². The lowest BCUT2D eigenvalue weighted by atomic mass is 9.76. The normalized spacial score (nSPS) is 17.9. The maximum absolute atomic E-state index is 12.2. The first-order chi connectivity index (χ1) is 20.2. The highest BCUT2D eigenvalue weighted by Crippen LogP contribution is 2.45. The van der Waals surface area contributed by atoms with E-state index in [2.05, 4.69) is 64.6 Å². The molecule has 3 heterocycles. The van der Waals surface area contributed by atoms with Crippen LogP contribution in [0.15, 0.2) is 79.4 Å². The number of aromatic nitrogens is 3. The van der Waals surface area contributed by atoms with Gasteiger partial charge in [0.05, 0.1) is 24.0 Å². The number of sulfonamides is 1. The number of rotatable bonds is 8. The van der Waals surface area contributed by atoms with Gasteiger partial charge in [-0.2, -0.15) is 0 Å². The fourth-order valence-corrected chi connectivity index (χ4v) is 7.53. The molecule has 4 aromatic rings. The largest absolute Gasteiger partial charge is 0.340 e. The molecule has 0 radical (unpaired) electrons. The first-order valence-corrected chi connectivity index (χ1v) is 16.6. The fraction of sp³-hybridized carbons (Fsp3) is 0.333. The zero-order chi connectivity index (χ0) is 29.3. The Balaban J connectivity index is 1.39. The van der Waals surface area contributed by atoms with Gasteiger partial charge in [-0.3, -0.25) is 9.88 Å². The maximum Gasteiger partial charge on any atom is 0.211 e. The van der Waals surface area contributed by atoms with Crippen molar-refractivity contribution < 1.29 is 8.42 Å². The number of nitrogens with zero attached hydrogens (tertiary/aromatic N) is 5. The van der Waals surface area contributed by atoms with Crippen molar-refractivity contribution in [1.29, 1.82) is 0 Å². The average Bonchev–Trinajstić information content (AvgIpc) is 3.32. The topological polar surface area (TPSA) is 71.3 Å². The van der Waals surface area contributed by atoms with Crippen LogP contribution in [0.5, 0.6) is 0 Å². The van der Waals surface area contributed by atoms with Crippen LogP contribution < -0.4 is 0 Å². The van der Waals surface area contributed by atoms with E-state index in [9.17, 15) is 8.42 Å². The molecule has 2 aromatic heterocycles. The van der Waals surface area contributed by atoms with E-state index in [0.717, 1.165) is 41.9 Å². The molecule has 1 aliphatic carbocycles. The van der Waals surface area contributed by atoms with Gasteiger partial charge in [0.25, 0.3) is 0 Å².